The Morgan fingerprint density at radius 3 is 2.39 bits per heavy atom. The van der Waals surface area contributed by atoms with E-state index in [0.717, 1.165) is 67.8 Å². The van der Waals surface area contributed by atoms with Crippen LogP contribution in [0.3, 0.4) is 0 Å². The number of rotatable bonds is 6. The lowest BCUT2D eigenvalue weighted by molar-refractivity contribution is -0.0903. The number of methoxy groups -OCH3 is 2. The van der Waals surface area contributed by atoms with Crippen molar-refractivity contribution in [1.29, 1.82) is 0 Å². The molecule has 168 valence electrons. The number of piperazine rings is 1. The van der Waals surface area contributed by atoms with E-state index in [4.69, 9.17) is 25.8 Å². The van der Waals surface area contributed by atoms with Crippen molar-refractivity contribution in [2.45, 2.75) is 38.4 Å². The minimum atomic E-state index is -0.194. The van der Waals surface area contributed by atoms with Crippen LogP contribution in [0.2, 0.25) is 5.02 Å². The molecular formula is C25H33ClN2O3. The van der Waals surface area contributed by atoms with Crippen LogP contribution in [0.5, 0.6) is 11.5 Å². The molecule has 0 spiro atoms. The minimum absolute atomic E-state index is 0.0557. The van der Waals surface area contributed by atoms with Crippen LogP contribution in [0.1, 0.15) is 37.5 Å². The lowest BCUT2D eigenvalue weighted by atomic mass is 9.87. The fourth-order valence-electron chi connectivity index (χ4n) is 4.77. The number of fused-ring (bicyclic) bond motifs is 1. The summed E-state index contributed by atoms with van der Waals surface area (Å²) >= 11 is 6.39. The predicted molar refractivity (Wildman–Crippen MR) is 126 cm³/mol. The van der Waals surface area contributed by atoms with Gasteiger partial charge in [0.1, 0.15) is 0 Å². The second-order valence-corrected chi connectivity index (χ2v) is 9.42. The average Bonchev–Trinajstić information content (AvgIpc) is 2.76. The summed E-state index contributed by atoms with van der Waals surface area (Å²) < 4.78 is 17.6. The number of anilines is 1. The Balaban J connectivity index is 1.42. The monoisotopic (exact) mass is 444 g/mol. The molecule has 5 nitrogen and oxygen atoms in total. The van der Waals surface area contributed by atoms with Crippen LogP contribution < -0.4 is 14.4 Å². The van der Waals surface area contributed by atoms with E-state index in [-0.39, 0.29) is 11.7 Å². The molecular weight excluding hydrogens is 412 g/mol. The molecule has 2 heterocycles. The predicted octanol–water partition coefficient (Wildman–Crippen LogP) is 4.96. The van der Waals surface area contributed by atoms with E-state index >= 15 is 0 Å². The first-order valence-corrected chi connectivity index (χ1v) is 11.4. The van der Waals surface area contributed by atoms with Gasteiger partial charge in [0.15, 0.2) is 11.5 Å². The summed E-state index contributed by atoms with van der Waals surface area (Å²) in [6.45, 7) is 9.37. The van der Waals surface area contributed by atoms with Crippen LogP contribution in [0.15, 0.2) is 36.4 Å². The molecule has 0 saturated carbocycles. The smallest absolute Gasteiger partial charge is 0.161 e. The number of ether oxygens (including phenoxy) is 3. The van der Waals surface area contributed by atoms with Crippen molar-refractivity contribution in [2.24, 2.45) is 0 Å². The number of hydrogen-bond acceptors (Lipinski definition) is 5. The van der Waals surface area contributed by atoms with E-state index in [1.807, 2.05) is 12.1 Å². The van der Waals surface area contributed by atoms with Crippen LogP contribution in [-0.2, 0) is 11.2 Å². The molecule has 2 aliphatic heterocycles. The van der Waals surface area contributed by atoms with Gasteiger partial charge in [-0.25, -0.2) is 0 Å². The largest absolute Gasteiger partial charge is 0.493 e. The zero-order chi connectivity index (χ0) is 22.0. The van der Waals surface area contributed by atoms with Gasteiger partial charge in [0.2, 0.25) is 0 Å². The van der Waals surface area contributed by atoms with Crippen molar-refractivity contribution >= 4 is 17.3 Å². The van der Waals surface area contributed by atoms with Crippen LogP contribution >= 0.6 is 11.6 Å². The molecule has 6 heteroatoms. The Labute approximate surface area is 190 Å². The highest BCUT2D eigenvalue weighted by molar-refractivity contribution is 6.33. The molecule has 2 aromatic carbocycles. The molecule has 0 amide bonds. The van der Waals surface area contributed by atoms with Gasteiger partial charge in [0.05, 0.1) is 36.6 Å². The fourth-order valence-corrected chi connectivity index (χ4v) is 5.03. The Bertz CT molecular complexity index is 910. The van der Waals surface area contributed by atoms with Crippen LogP contribution in [0.4, 0.5) is 5.69 Å². The highest BCUT2D eigenvalue weighted by Crippen LogP contribution is 2.42. The lowest BCUT2D eigenvalue weighted by Gasteiger charge is -2.40. The van der Waals surface area contributed by atoms with Crippen LogP contribution in [-0.4, -0.2) is 57.4 Å². The summed E-state index contributed by atoms with van der Waals surface area (Å²) in [6, 6.07) is 12.3. The van der Waals surface area contributed by atoms with E-state index in [9.17, 15) is 0 Å². The molecule has 0 aromatic heterocycles. The molecule has 0 N–H and O–H groups in total. The third kappa shape index (κ3) is 4.94. The Kier molecular flexibility index (Phi) is 6.65. The van der Waals surface area contributed by atoms with Gasteiger partial charge in [-0.1, -0.05) is 23.7 Å². The number of nitrogens with zero attached hydrogens (tertiary/aromatic N) is 2. The van der Waals surface area contributed by atoms with Crippen molar-refractivity contribution in [1.82, 2.24) is 4.90 Å². The van der Waals surface area contributed by atoms with Crippen LogP contribution in [0.25, 0.3) is 0 Å². The van der Waals surface area contributed by atoms with Gasteiger partial charge in [-0.05, 0) is 55.7 Å². The summed E-state index contributed by atoms with van der Waals surface area (Å²) in [7, 11) is 3.37. The maximum Gasteiger partial charge on any atom is 0.161 e. The van der Waals surface area contributed by atoms with E-state index in [2.05, 4.69) is 47.9 Å². The third-order valence-electron chi connectivity index (χ3n) is 6.34. The molecule has 1 saturated heterocycles. The molecule has 1 atom stereocenters. The Morgan fingerprint density at radius 1 is 1.03 bits per heavy atom. The second kappa shape index (κ2) is 9.27. The van der Waals surface area contributed by atoms with Gasteiger partial charge in [-0.2, -0.15) is 0 Å². The highest BCUT2D eigenvalue weighted by atomic mass is 35.5. The first-order chi connectivity index (χ1) is 14.9. The lowest BCUT2D eigenvalue weighted by Crippen LogP contribution is -2.47. The molecule has 1 unspecified atom stereocenters. The van der Waals surface area contributed by atoms with Gasteiger partial charge in [-0.3, -0.25) is 4.90 Å². The highest BCUT2D eigenvalue weighted by Gasteiger charge is 2.34. The molecule has 2 aliphatic rings. The molecule has 0 radical (unpaired) electrons. The first-order valence-electron chi connectivity index (χ1n) is 11.0. The number of halogens is 1. The molecule has 31 heavy (non-hydrogen) atoms. The van der Waals surface area contributed by atoms with Gasteiger partial charge < -0.3 is 19.1 Å². The van der Waals surface area contributed by atoms with Crippen molar-refractivity contribution in [3.63, 3.8) is 0 Å². The quantitative estimate of drug-likeness (QED) is 0.628. The number of hydrogen-bond donors (Lipinski definition) is 0. The van der Waals surface area contributed by atoms with Crippen molar-refractivity contribution < 1.29 is 14.2 Å². The fraction of sp³-hybridized carbons (Fsp3) is 0.520. The number of benzene rings is 2. The van der Waals surface area contributed by atoms with Crippen LogP contribution in [0, 0.1) is 0 Å². The zero-order valence-corrected chi connectivity index (χ0v) is 19.7. The summed E-state index contributed by atoms with van der Waals surface area (Å²) in [5, 5.41) is 0.828. The topological polar surface area (TPSA) is 34.2 Å². The van der Waals surface area contributed by atoms with E-state index in [1.54, 1.807) is 14.2 Å². The second-order valence-electron chi connectivity index (χ2n) is 9.02. The molecule has 1 fully saturated rings. The summed E-state index contributed by atoms with van der Waals surface area (Å²) in [5.41, 5.74) is 3.46. The van der Waals surface area contributed by atoms with E-state index in [0.29, 0.717) is 0 Å². The van der Waals surface area contributed by atoms with Gasteiger partial charge in [0.25, 0.3) is 0 Å². The van der Waals surface area contributed by atoms with E-state index < -0.39 is 0 Å². The molecule has 0 aliphatic carbocycles. The molecule has 0 bridgehead atoms. The van der Waals surface area contributed by atoms with Gasteiger partial charge in [-0.15, -0.1) is 0 Å². The third-order valence-corrected chi connectivity index (χ3v) is 6.66. The standard InChI is InChI=1S/C25H33ClN2O3/c1-25(2)17-18-15-23(29-3)24(30-4)16-19(18)22(31-25)9-10-27-11-13-28(14-12-27)21-8-6-5-7-20(21)26/h5-8,15-16,22H,9-14,17H2,1-4H3. The first kappa shape index (κ1) is 22.3. The SMILES string of the molecule is COc1cc2c(cc1OC)C(CCN1CCN(c3ccccc3Cl)CC1)OC(C)(C)C2. The summed E-state index contributed by atoms with van der Waals surface area (Å²) in [5.74, 6) is 1.55. The molecule has 4 rings (SSSR count). The maximum atomic E-state index is 6.52. The van der Waals surface area contributed by atoms with Gasteiger partial charge in [0, 0.05) is 39.1 Å². The van der Waals surface area contributed by atoms with Gasteiger partial charge >= 0.3 is 0 Å². The zero-order valence-electron chi connectivity index (χ0n) is 19.0. The van der Waals surface area contributed by atoms with Crippen molar-refractivity contribution in [3.8, 4) is 11.5 Å². The normalized spacial score (nSPS) is 20.9. The molecule has 2 aromatic rings. The number of para-hydroxylation sites is 1. The summed E-state index contributed by atoms with van der Waals surface area (Å²) in [6.07, 6.45) is 1.88. The van der Waals surface area contributed by atoms with Crippen molar-refractivity contribution in [2.75, 3.05) is 51.8 Å². The minimum Gasteiger partial charge on any atom is -0.493 e. The van der Waals surface area contributed by atoms with Crippen molar-refractivity contribution in [3.05, 3.63) is 52.5 Å². The average molecular weight is 445 g/mol. The maximum absolute atomic E-state index is 6.52. The Hall–Kier alpha value is -1.95. The van der Waals surface area contributed by atoms with E-state index in [1.165, 1.54) is 11.1 Å². The Morgan fingerprint density at radius 2 is 1.71 bits per heavy atom. The summed E-state index contributed by atoms with van der Waals surface area (Å²) in [4.78, 5) is 4.91.